The zero-order chi connectivity index (χ0) is 31.0. The Hall–Kier alpha value is -3.47. The predicted molar refractivity (Wildman–Crippen MR) is 141 cm³/mol. The number of fused-ring (bicyclic) bond motifs is 4. The number of hydrogen-bond acceptors (Lipinski definition) is 15. The lowest BCUT2D eigenvalue weighted by atomic mass is 10.1. The highest BCUT2D eigenvalue weighted by atomic mass is 32.2. The second-order valence-electron chi connectivity index (χ2n) is 10.1. The van der Waals surface area contributed by atoms with Gasteiger partial charge in [-0.2, -0.15) is 13.1 Å². The minimum Gasteiger partial charge on any atom is -0.383 e. The van der Waals surface area contributed by atoms with Crippen molar-refractivity contribution < 1.29 is 49.4 Å². The molecule has 0 amide bonds. The normalized spacial score (nSPS) is 34.4. The molecule has 3 aliphatic rings. The van der Waals surface area contributed by atoms with E-state index in [0.717, 1.165) is 18.9 Å². The highest BCUT2D eigenvalue weighted by Gasteiger charge is 2.52. The van der Waals surface area contributed by atoms with E-state index in [1.165, 1.54) is 15.5 Å². The molecule has 0 saturated carbocycles. The fourth-order valence-electron chi connectivity index (χ4n) is 5.40. The van der Waals surface area contributed by atoms with Gasteiger partial charge in [-0.05, 0) is 0 Å². The van der Waals surface area contributed by atoms with E-state index in [0.29, 0.717) is 0 Å². The summed E-state index contributed by atoms with van der Waals surface area (Å²) >= 11 is 0. The van der Waals surface area contributed by atoms with Gasteiger partial charge in [-0.15, -0.1) is 0 Å². The van der Waals surface area contributed by atoms with Crippen molar-refractivity contribution in [3.8, 4) is 0 Å². The first-order valence-corrected chi connectivity index (χ1v) is 15.8. The Bertz CT molecular complexity index is 1910. The van der Waals surface area contributed by atoms with E-state index in [1.54, 1.807) is 0 Å². The predicted octanol–water partition coefficient (Wildman–Crippen LogP) is -0.167. The lowest BCUT2D eigenvalue weighted by Crippen LogP contribution is -2.43. The third kappa shape index (κ3) is 5.06. The molecule has 1 unspecified atom stereocenters. The van der Waals surface area contributed by atoms with Gasteiger partial charge in [-0.1, -0.05) is 0 Å². The zero-order valence-corrected chi connectivity index (χ0v) is 23.8. The Kier molecular flexibility index (Phi) is 7.02. The van der Waals surface area contributed by atoms with Crippen LogP contribution < -0.4 is 16.2 Å². The Balaban J connectivity index is 1.15. The Morgan fingerprint density at radius 1 is 1.02 bits per heavy atom. The maximum atomic E-state index is 15.8. The summed E-state index contributed by atoms with van der Waals surface area (Å²) in [5.41, 5.74) is 11.9. The third-order valence-corrected chi connectivity index (χ3v) is 9.39. The van der Waals surface area contributed by atoms with E-state index in [2.05, 4.69) is 29.6 Å². The molecule has 3 fully saturated rings. The fourth-order valence-corrected chi connectivity index (χ4v) is 7.32. The maximum absolute atomic E-state index is 15.8. The molecule has 23 heteroatoms. The Labute approximate surface area is 245 Å². The molecular weight excluding hydrogens is 637 g/mol. The van der Waals surface area contributed by atoms with E-state index in [4.69, 9.17) is 34.2 Å². The van der Waals surface area contributed by atoms with Crippen LogP contribution >= 0.6 is 7.82 Å². The standard InChI is InChI=1S/C21H23F2N10O9PS/c22-8-3-32(19-13(8)17(24)26-5-28-19)12-1-9-11(39-12)4-38-43(34,35)41-16-10(2-31-44(36,37)42-9)40-21(14(16)23)33-7-30-15-18(25)27-6-29-20(15)33/h3,5-7,9-12,14,16,21,31H,1-2,4H2,(H,34,35)(H2,24,26,28)(H2,25,27,29)/t9-,10+,11+,12+,14+,16+,21+/m0/s1. The molecule has 8 atom stereocenters. The number of halogens is 2. The van der Waals surface area contributed by atoms with Gasteiger partial charge in [-0.25, -0.2) is 38.3 Å². The lowest BCUT2D eigenvalue weighted by Gasteiger charge is -2.25. The number of aromatic nitrogens is 7. The van der Waals surface area contributed by atoms with Gasteiger partial charge >= 0.3 is 18.1 Å². The molecule has 4 aromatic heterocycles. The van der Waals surface area contributed by atoms with Gasteiger partial charge in [0.1, 0.15) is 54.6 Å². The minimum atomic E-state index is -5.03. The molecule has 0 spiro atoms. The van der Waals surface area contributed by atoms with Crippen LogP contribution in [0.5, 0.6) is 0 Å². The van der Waals surface area contributed by atoms with Gasteiger partial charge in [0.25, 0.3) is 0 Å². The molecule has 236 valence electrons. The average Bonchev–Trinajstić information content (AvgIpc) is 3.72. The number of phosphoric acid groups is 1. The molecule has 4 aromatic rings. The number of nitrogen functional groups attached to an aromatic ring is 2. The molecule has 0 radical (unpaired) electrons. The molecule has 3 aliphatic heterocycles. The van der Waals surface area contributed by atoms with Crippen LogP contribution in [0, 0.1) is 5.82 Å². The Morgan fingerprint density at radius 3 is 2.57 bits per heavy atom. The molecule has 7 rings (SSSR count). The number of alkyl halides is 1. The van der Waals surface area contributed by atoms with Gasteiger partial charge in [0.2, 0.25) is 0 Å². The highest BCUT2D eigenvalue weighted by Crippen LogP contribution is 2.50. The van der Waals surface area contributed by atoms with Crippen molar-refractivity contribution in [2.45, 2.75) is 49.5 Å². The van der Waals surface area contributed by atoms with Crippen molar-refractivity contribution in [3.05, 3.63) is 31.0 Å². The van der Waals surface area contributed by atoms with Crippen molar-refractivity contribution in [3.63, 3.8) is 0 Å². The van der Waals surface area contributed by atoms with Crippen LogP contribution in [0.2, 0.25) is 0 Å². The molecule has 6 N–H and O–H groups in total. The van der Waals surface area contributed by atoms with Crippen LogP contribution in [0.1, 0.15) is 18.9 Å². The number of ether oxygens (including phenoxy) is 2. The summed E-state index contributed by atoms with van der Waals surface area (Å²) < 4.78 is 101. The van der Waals surface area contributed by atoms with E-state index < -0.39 is 80.1 Å². The quantitative estimate of drug-likeness (QED) is 0.204. The fraction of sp³-hybridized carbons (Fsp3) is 0.476. The van der Waals surface area contributed by atoms with E-state index in [1.807, 2.05) is 0 Å². The second-order valence-corrected chi connectivity index (χ2v) is 12.9. The maximum Gasteiger partial charge on any atom is 0.472 e. The van der Waals surface area contributed by atoms with Gasteiger partial charge < -0.3 is 30.4 Å². The molecule has 0 aromatic carbocycles. The van der Waals surface area contributed by atoms with Crippen LogP contribution in [-0.4, -0.2) is 91.1 Å². The van der Waals surface area contributed by atoms with Crippen molar-refractivity contribution in [1.82, 2.24) is 38.8 Å². The summed E-state index contributed by atoms with van der Waals surface area (Å²) in [7, 11) is -9.60. The SMILES string of the molecule is Nc1ncnc2c1ncn2[C@@H]1O[C@@H]2CNS(=O)(=O)O[C@H]3C[C@H](n4cc(F)c5c(N)ncnc54)O[C@@H]3COP(=O)(O)O[C@H]2[C@H]1F. The van der Waals surface area contributed by atoms with Crippen molar-refractivity contribution in [2.75, 3.05) is 24.6 Å². The number of imidazole rings is 1. The second kappa shape index (κ2) is 10.6. The number of nitrogens with zero attached hydrogens (tertiary/aromatic N) is 7. The first kappa shape index (κ1) is 29.3. The van der Waals surface area contributed by atoms with Crippen molar-refractivity contribution in [2.24, 2.45) is 0 Å². The Morgan fingerprint density at radius 2 is 1.77 bits per heavy atom. The van der Waals surface area contributed by atoms with Crippen molar-refractivity contribution >= 4 is 52.0 Å². The number of hydrogen-bond donors (Lipinski definition) is 4. The first-order valence-electron chi connectivity index (χ1n) is 12.9. The molecule has 0 bridgehead atoms. The number of nitrogens with one attached hydrogen (secondary N) is 1. The molecule has 44 heavy (non-hydrogen) atoms. The largest absolute Gasteiger partial charge is 0.472 e. The average molecular weight is 661 g/mol. The summed E-state index contributed by atoms with van der Waals surface area (Å²) in [6.07, 6.45) is -6.27. The summed E-state index contributed by atoms with van der Waals surface area (Å²) in [6, 6.07) is 0. The monoisotopic (exact) mass is 660 g/mol. The van der Waals surface area contributed by atoms with Gasteiger partial charge in [-0.3, -0.25) is 17.8 Å². The van der Waals surface area contributed by atoms with Gasteiger partial charge in [0.15, 0.2) is 35.3 Å². The smallest absolute Gasteiger partial charge is 0.383 e. The van der Waals surface area contributed by atoms with Crippen molar-refractivity contribution in [1.29, 1.82) is 0 Å². The minimum absolute atomic E-state index is 0.0190. The zero-order valence-electron chi connectivity index (χ0n) is 22.1. The third-order valence-electron chi connectivity index (χ3n) is 7.38. The molecule has 7 heterocycles. The van der Waals surface area contributed by atoms with Gasteiger partial charge in [0, 0.05) is 19.2 Å². The lowest BCUT2D eigenvalue weighted by molar-refractivity contribution is -0.0469. The summed E-state index contributed by atoms with van der Waals surface area (Å²) in [6.45, 7) is -1.37. The van der Waals surface area contributed by atoms with E-state index in [9.17, 15) is 22.3 Å². The van der Waals surface area contributed by atoms with E-state index in [-0.39, 0.29) is 40.3 Å². The summed E-state index contributed by atoms with van der Waals surface area (Å²) in [5, 5.41) is -0.0769. The number of phosphoric ester groups is 1. The molecular formula is C21H23F2N10O9PS. The van der Waals surface area contributed by atoms with Crippen LogP contribution in [0.25, 0.3) is 22.2 Å². The topological polar surface area (TPSA) is 256 Å². The van der Waals surface area contributed by atoms with Crippen LogP contribution in [0.15, 0.2) is 25.2 Å². The number of anilines is 2. The number of rotatable bonds is 2. The van der Waals surface area contributed by atoms with Crippen LogP contribution in [0.4, 0.5) is 20.4 Å². The molecule has 19 nitrogen and oxygen atoms in total. The van der Waals surface area contributed by atoms with E-state index >= 15 is 4.39 Å². The summed E-state index contributed by atoms with van der Waals surface area (Å²) in [5.74, 6) is -0.858. The first-order chi connectivity index (χ1) is 20.9. The molecule has 0 aliphatic carbocycles. The highest BCUT2D eigenvalue weighted by molar-refractivity contribution is 7.84. The van der Waals surface area contributed by atoms with Gasteiger partial charge in [0.05, 0.1) is 18.3 Å². The summed E-state index contributed by atoms with van der Waals surface area (Å²) in [4.78, 5) is 30.2. The van der Waals surface area contributed by atoms with Crippen LogP contribution in [0.3, 0.4) is 0 Å². The molecule has 3 saturated heterocycles. The van der Waals surface area contributed by atoms with Crippen LogP contribution in [-0.2, 0) is 37.6 Å². The number of nitrogens with two attached hydrogens (primary N) is 2.